The van der Waals surface area contributed by atoms with Crippen molar-refractivity contribution >= 4 is 0 Å². The van der Waals surface area contributed by atoms with Crippen LogP contribution < -0.4 is 5.32 Å². The second kappa shape index (κ2) is 3.68. The lowest BCUT2D eigenvalue weighted by molar-refractivity contribution is 0.0243. The molecule has 6 nitrogen and oxygen atoms in total. The van der Waals surface area contributed by atoms with Gasteiger partial charge in [-0.15, -0.1) is 0 Å². The molecular formula is C11H13N3O3. The Bertz CT molecular complexity index is 526. The van der Waals surface area contributed by atoms with Crippen LogP contribution in [0.25, 0.3) is 11.4 Å². The second-order valence-corrected chi connectivity index (χ2v) is 4.27. The average Bonchev–Trinajstić information content (AvgIpc) is 2.97. The maximum Gasteiger partial charge on any atom is 0.260 e. The molecule has 2 N–H and O–H groups in total. The van der Waals surface area contributed by atoms with Crippen molar-refractivity contribution in [3.8, 4) is 11.4 Å². The van der Waals surface area contributed by atoms with Gasteiger partial charge in [-0.05, 0) is 26.0 Å². The maximum atomic E-state index is 10.3. The lowest BCUT2D eigenvalue weighted by Crippen LogP contribution is -2.28. The number of rotatable bonds is 2. The molecule has 0 amide bonds. The number of aryl methyl sites for hydroxylation is 1. The van der Waals surface area contributed by atoms with Crippen LogP contribution in [0.2, 0.25) is 0 Å². The van der Waals surface area contributed by atoms with Gasteiger partial charge in [-0.3, -0.25) is 0 Å². The number of β-amino-alcohol motifs (C(OH)–C–C–N with tert-alkyl or cyclic N) is 1. The Morgan fingerprint density at radius 1 is 1.53 bits per heavy atom. The highest BCUT2D eigenvalue weighted by Crippen LogP contribution is 2.29. The summed E-state index contributed by atoms with van der Waals surface area (Å²) >= 11 is 0. The van der Waals surface area contributed by atoms with E-state index in [1.807, 2.05) is 6.92 Å². The summed E-state index contributed by atoms with van der Waals surface area (Å²) in [6.45, 7) is 3.02. The van der Waals surface area contributed by atoms with E-state index < -0.39 is 5.60 Å². The number of hydrogen-bond donors (Lipinski definition) is 2. The molecule has 2 aromatic rings. The molecule has 6 heteroatoms. The van der Waals surface area contributed by atoms with E-state index in [0.29, 0.717) is 18.8 Å². The van der Waals surface area contributed by atoms with E-state index in [-0.39, 0.29) is 5.89 Å². The molecule has 3 rings (SSSR count). The first-order chi connectivity index (χ1) is 8.19. The van der Waals surface area contributed by atoms with Gasteiger partial charge in [0.1, 0.15) is 5.76 Å². The fourth-order valence-electron chi connectivity index (χ4n) is 2.00. The topological polar surface area (TPSA) is 84.3 Å². The Morgan fingerprint density at radius 3 is 3.06 bits per heavy atom. The minimum Gasteiger partial charge on any atom is -0.469 e. The third kappa shape index (κ3) is 1.65. The molecule has 17 heavy (non-hydrogen) atoms. The predicted octanol–water partition coefficient (Wildman–Crippen LogP) is 0.819. The largest absolute Gasteiger partial charge is 0.469 e. The van der Waals surface area contributed by atoms with Gasteiger partial charge in [-0.1, -0.05) is 5.16 Å². The Labute approximate surface area is 97.6 Å². The van der Waals surface area contributed by atoms with Crippen molar-refractivity contribution in [1.82, 2.24) is 15.5 Å². The summed E-state index contributed by atoms with van der Waals surface area (Å²) in [5.41, 5.74) is -0.252. The first-order valence-electron chi connectivity index (χ1n) is 5.51. The van der Waals surface area contributed by atoms with Crippen LogP contribution in [0.1, 0.15) is 18.1 Å². The minimum atomic E-state index is -1.04. The minimum absolute atomic E-state index is 0.262. The number of hydrogen-bond acceptors (Lipinski definition) is 6. The Kier molecular flexibility index (Phi) is 2.27. The molecule has 2 aromatic heterocycles. The van der Waals surface area contributed by atoms with Gasteiger partial charge in [-0.25, -0.2) is 0 Å². The Morgan fingerprint density at radius 2 is 2.41 bits per heavy atom. The SMILES string of the molecule is Cc1occc1-c1noc(C2(O)CCNC2)n1. The van der Waals surface area contributed by atoms with Crippen molar-refractivity contribution in [2.24, 2.45) is 0 Å². The van der Waals surface area contributed by atoms with Crippen molar-refractivity contribution in [3.05, 3.63) is 24.0 Å². The van der Waals surface area contributed by atoms with Gasteiger partial charge in [-0.2, -0.15) is 4.98 Å². The van der Waals surface area contributed by atoms with Crippen molar-refractivity contribution in [1.29, 1.82) is 0 Å². The molecule has 0 saturated carbocycles. The molecule has 0 aliphatic carbocycles. The molecule has 0 aromatic carbocycles. The molecule has 90 valence electrons. The van der Waals surface area contributed by atoms with Crippen molar-refractivity contribution in [2.75, 3.05) is 13.1 Å². The first-order valence-corrected chi connectivity index (χ1v) is 5.51. The molecule has 1 atom stereocenters. The highest BCUT2D eigenvalue weighted by Gasteiger charge is 2.38. The highest BCUT2D eigenvalue weighted by atomic mass is 16.5. The Balaban J connectivity index is 1.96. The van der Waals surface area contributed by atoms with E-state index in [0.717, 1.165) is 17.9 Å². The highest BCUT2D eigenvalue weighted by molar-refractivity contribution is 5.56. The van der Waals surface area contributed by atoms with Crippen LogP contribution in [-0.4, -0.2) is 28.3 Å². The lowest BCUT2D eigenvalue weighted by Gasteiger charge is -2.14. The van der Waals surface area contributed by atoms with Crippen LogP contribution >= 0.6 is 0 Å². The Hall–Kier alpha value is -1.66. The molecule has 1 saturated heterocycles. The van der Waals surface area contributed by atoms with Crippen LogP contribution in [0.4, 0.5) is 0 Å². The molecule has 1 fully saturated rings. The van der Waals surface area contributed by atoms with E-state index in [9.17, 15) is 5.11 Å². The van der Waals surface area contributed by atoms with Crippen LogP contribution in [0.3, 0.4) is 0 Å². The van der Waals surface area contributed by atoms with Gasteiger partial charge in [0.15, 0.2) is 5.60 Å². The number of aliphatic hydroxyl groups is 1. The lowest BCUT2D eigenvalue weighted by atomic mass is 10.0. The summed E-state index contributed by atoms with van der Waals surface area (Å²) in [6, 6.07) is 1.78. The van der Waals surface area contributed by atoms with Crippen LogP contribution in [0, 0.1) is 6.92 Å². The number of nitrogens with one attached hydrogen (secondary N) is 1. The average molecular weight is 235 g/mol. The zero-order valence-electron chi connectivity index (χ0n) is 9.43. The van der Waals surface area contributed by atoms with Gasteiger partial charge in [0.2, 0.25) is 5.82 Å². The predicted molar refractivity (Wildman–Crippen MR) is 58.1 cm³/mol. The third-order valence-corrected chi connectivity index (χ3v) is 3.06. The molecule has 3 heterocycles. The molecule has 0 radical (unpaired) electrons. The van der Waals surface area contributed by atoms with Gasteiger partial charge in [0, 0.05) is 6.54 Å². The molecule has 1 unspecified atom stereocenters. The summed E-state index contributed by atoms with van der Waals surface area (Å²) in [4.78, 5) is 4.24. The molecule has 1 aliphatic rings. The summed E-state index contributed by atoms with van der Waals surface area (Å²) < 4.78 is 10.3. The van der Waals surface area contributed by atoms with Crippen molar-refractivity contribution in [3.63, 3.8) is 0 Å². The summed E-state index contributed by atoms with van der Waals surface area (Å²) in [5, 5.41) is 17.2. The smallest absolute Gasteiger partial charge is 0.260 e. The van der Waals surface area contributed by atoms with Crippen LogP contribution in [0.5, 0.6) is 0 Å². The van der Waals surface area contributed by atoms with E-state index >= 15 is 0 Å². The quantitative estimate of drug-likeness (QED) is 0.801. The monoisotopic (exact) mass is 235 g/mol. The zero-order chi connectivity index (χ0) is 11.9. The van der Waals surface area contributed by atoms with Gasteiger partial charge in [0.05, 0.1) is 11.8 Å². The van der Waals surface area contributed by atoms with Crippen molar-refractivity contribution in [2.45, 2.75) is 18.9 Å². The number of aromatic nitrogens is 2. The van der Waals surface area contributed by atoms with E-state index in [4.69, 9.17) is 8.94 Å². The van der Waals surface area contributed by atoms with Crippen LogP contribution in [-0.2, 0) is 5.60 Å². The van der Waals surface area contributed by atoms with E-state index in [1.165, 1.54) is 0 Å². The first kappa shape index (κ1) is 10.5. The standard InChI is InChI=1S/C11H13N3O3/c1-7-8(2-5-16-7)9-13-10(17-14-9)11(15)3-4-12-6-11/h2,5,12,15H,3-4,6H2,1H3. The fraction of sp³-hybridized carbons (Fsp3) is 0.455. The second-order valence-electron chi connectivity index (χ2n) is 4.27. The van der Waals surface area contributed by atoms with Gasteiger partial charge in [0.25, 0.3) is 5.89 Å². The zero-order valence-corrected chi connectivity index (χ0v) is 9.43. The van der Waals surface area contributed by atoms with Gasteiger partial charge < -0.3 is 19.4 Å². The van der Waals surface area contributed by atoms with Crippen molar-refractivity contribution < 1.29 is 14.0 Å². The molecular weight excluding hydrogens is 222 g/mol. The fourth-order valence-corrected chi connectivity index (χ4v) is 2.00. The van der Waals surface area contributed by atoms with E-state index in [2.05, 4.69) is 15.5 Å². The third-order valence-electron chi connectivity index (χ3n) is 3.06. The molecule has 0 spiro atoms. The number of furan rings is 1. The number of nitrogens with zero attached hydrogens (tertiary/aromatic N) is 2. The molecule has 0 bridgehead atoms. The van der Waals surface area contributed by atoms with Crippen LogP contribution in [0.15, 0.2) is 21.3 Å². The van der Waals surface area contributed by atoms with E-state index in [1.54, 1.807) is 12.3 Å². The normalized spacial score (nSPS) is 24.4. The molecule has 1 aliphatic heterocycles. The maximum absolute atomic E-state index is 10.3. The van der Waals surface area contributed by atoms with Gasteiger partial charge >= 0.3 is 0 Å². The summed E-state index contributed by atoms with van der Waals surface area (Å²) in [7, 11) is 0. The summed E-state index contributed by atoms with van der Waals surface area (Å²) in [6.07, 6.45) is 2.16. The summed E-state index contributed by atoms with van der Waals surface area (Å²) in [5.74, 6) is 1.44.